The van der Waals surface area contributed by atoms with Crippen molar-refractivity contribution in [1.82, 2.24) is 0 Å². The Morgan fingerprint density at radius 2 is 1.93 bits per heavy atom. The second kappa shape index (κ2) is 10.7. The summed E-state index contributed by atoms with van der Waals surface area (Å²) < 4.78 is 4.85. The van der Waals surface area contributed by atoms with Crippen molar-refractivity contribution in [2.24, 2.45) is 0 Å². The molecule has 0 N–H and O–H groups in total. The Kier molecular flexibility index (Phi) is 9.67. The lowest BCUT2D eigenvalue weighted by molar-refractivity contribution is -0.136. The Morgan fingerprint density at radius 1 is 1.13 bits per heavy atom. The SMILES string of the molecule is CCC#CCCOC(=O)C#CCCCC. The maximum absolute atomic E-state index is 11.0. The molecule has 0 atom stereocenters. The summed E-state index contributed by atoms with van der Waals surface area (Å²) in [6, 6.07) is 0. The fraction of sp³-hybridized carbons (Fsp3) is 0.615. The Bertz CT molecular complexity index is 283. The predicted octanol–water partition coefficient (Wildman–Crippen LogP) is 2.53. The van der Waals surface area contributed by atoms with E-state index in [0.717, 1.165) is 25.7 Å². The van der Waals surface area contributed by atoms with Crippen LogP contribution >= 0.6 is 0 Å². The first-order valence-corrected chi connectivity index (χ1v) is 5.42. The smallest absolute Gasteiger partial charge is 0.384 e. The molecule has 0 aliphatic heterocycles. The van der Waals surface area contributed by atoms with Gasteiger partial charge in [0.2, 0.25) is 0 Å². The van der Waals surface area contributed by atoms with Crippen LogP contribution in [0.4, 0.5) is 0 Å². The first-order valence-electron chi connectivity index (χ1n) is 5.42. The fourth-order valence-electron chi connectivity index (χ4n) is 0.844. The summed E-state index contributed by atoms with van der Waals surface area (Å²) in [7, 11) is 0. The van der Waals surface area contributed by atoms with Gasteiger partial charge in [0.15, 0.2) is 0 Å². The second-order valence-corrected chi connectivity index (χ2v) is 3.00. The molecule has 2 heteroatoms. The Balaban J connectivity index is 3.51. The lowest BCUT2D eigenvalue weighted by Gasteiger charge is -1.94. The van der Waals surface area contributed by atoms with E-state index in [1.165, 1.54) is 0 Å². The molecule has 0 fully saturated rings. The third kappa shape index (κ3) is 10.5. The van der Waals surface area contributed by atoms with E-state index < -0.39 is 5.97 Å². The van der Waals surface area contributed by atoms with Crippen molar-refractivity contribution in [2.45, 2.75) is 46.0 Å². The van der Waals surface area contributed by atoms with Gasteiger partial charge in [-0.05, 0) is 6.42 Å². The number of rotatable bonds is 4. The van der Waals surface area contributed by atoms with Gasteiger partial charge in [-0.2, -0.15) is 0 Å². The van der Waals surface area contributed by atoms with Crippen LogP contribution in [0.25, 0.3) is 0 Å². The third-order valence-corrected chi connectivity index (χ3v) is 1.61. The van der Waals surface area contributed by atoms with Crippen molar-refractivity contribution < 1.29 is 9.53 Å². The first-order chi connectivity index (χ1) is 7.31. The standard InChI is InChI=1S/C13H18O2/c1-3-5-7-9-11-13(14)15-12-10-8-6-4-2/h3-5,7,10,12H2,1-2H3. The number of ether oxygens (including phenoxy) is 1. The maximum Gasteiger partial charge on any atom is 0.384 e. The molecule has 0 radical (unpaired) electrons. The Labute approximate surface area is 92.4 Å². The monoisotopic (exact) mass is 206 g/mol. The van der Waals surface area contributed by atoms with Crippen LogP contribution in [0.5, 0.6) is 0 Å². The van der Waals surface area contributed by atoms with Crippen LogP contribution in [-0.4, -0.2) is 12.6 Å². The molecule has 0 saturated heterocycles. The molecular weight excluding hydrogens is 188 g/mol. The van der Waals surface area contributed by atoms with E-state index in [4.69, 9.17) is 4.74 Å². The van der Waals surface area contributed by atoms with Gasteiger partial charge in [-0.25, -0.2) is 4.79 Å². The van der Waals surface area contributed by atoms with Crippen LogP contribution < -0.4 is 0 Å². The fourth-order valence-corrected chi connectivity index (χ4v) is 0.844. The van der Waals surface area contributed by atoms with Gasteiger partial charge in [0.1, 0.15) is 6.61 Å². The van der Waals surface area contributed by atoms with Crippen molar-refractivity contribution in [3.8, 4) is 23.7 Å². The minimum atomic E-state index is -0.440. The molecule has 0 aromatic rings. The van der Waals surface area contributed by atoms with Crippen LogP contribution in [0, 0.1) is 23.7 Å². The minimum Gasteiger partial charge on any atom is -0.455 e. The van der Waals surface area contributed by atoms with E-state index in [0.29, 0.717) is 13.0 Å². The number of hydrogen-bond acceptors (Lipinski definition) is 2. The summed E-state index contributed by atoms with van der Waals surface area (Å²) in [5.41, 5.74) is 0. The van der Waals surface area contributed by atoms with Crippen molar-refractivity contribution >= 4 is 5.97 Å². The highest BCUT2D eigenvalue weighted by Crippen LogP contribution is 1.90. The second-order valence-electron chi connectivity index (χ2n) is 3.00. The normalized spacial score (nSPS) is 8.13. The van der Waals surface area contributed by atoms with Crippen molar-refractivity contribution in [3.05, 3.63) is 0 Å². The molecule has 0 rings (SSSR count). The molecule has 0 spiro atoms. The molecule has 0 heterocycles. The van der Waals surface area contributed by atoms with Gasteiger partial charge >= 0.3 is 5.97 Å². The molecule has 0 aromatic carbocycles. The largest absolute Gasteiger partial charge is 0.455 e. The maximum atomic E-state index is 11.0. The highest BCUT2D eigenvalue weighted by Gasteiger charge is 1.93. The molecule has 0 aromatic heterocycles. The average Bonchev–Trinajstić information content (AvgIpc) is 2.24. The molecule has 2 nitrogen and oxygen atoms in total. The number of carbonyl (C=O) groups excluding carboxylic acids is 1. The Hall–Kier alpha value is -1.41. The van der Waals surface area contributed by atoms with Gasteiger partial charge in [-0.1, -0.05) is 32.1 Å². The highest BCUT2D eigenvalue weighted by molar-refractivity contribution is 5.88. The van der Waals surface area contributed by atoms with E-state index in [9.17, 15) is 4.79 Å². The zero-order valence-corrected chi connectivity index (χ0v) is 9.56. The number of hydrogen-bond donors (Lipinski definition) is 0. The first kappa shape index (κ1) is 13.6. The van der Waals surface area contributed by atoms with Gasteiger partial charge in [0.05, 0.1) is 0 Å². The molecule has 0 saturated carbocycles. The highest BCUT2D eigenvalue weighted by atomic mass is 16.5. The van der Waals surface area contributed by atoms with Crippen LogP contribution in [0.15, 0.2) is 0 Å². The predicted molar refractivity (Wildman–Crippen MR) is 60.9 cm³/mol. The summed E-state index contributed by atoms with van der Waals surface area (Å²) >= 11 is 0. The van der Waals surface area contributed by atoms with Gasteiger partial charge in [0.25, 0.3) is 0 Å². The summed E-state index contributed by atoms with van der Waals surface area (Å²) in [6.07, 6.45) is 4.32. The van der Waals surface area contributed by atoms with Crippen molar-refractivity contribution in [1.29, 1.82) is 0 Å². The summed E-state index contributed by atoms with van der Waals surface area (Å²) in [5.74, 6) is 10.6. The Morgan fingerprint density at radius 3 is 2.60 bits per heavy atom. The van der Waals surface area contributed by atoms with Crippen molar-refractivity contribution in [2.75, 3.05) is 6.61 Å². The van der Waals surface area contributed by atoms with Gasteiger partial charge in [0, 0.05) is 25.2 Å². The lowest BCUT2D eigenvalue weighted by atomic mass is 10.2. The molecule has 0 bridgehead atoms. The van der Waals surface area contributed by atoms with E-state index in [-0.39, 0.29) is 0 Å². The van der Waals surface area contributed by atoms with Crippen LogP contribution in [0.3, 0.4) is 0 Å². The molecule has 82 valence electrons. The molecule has 0 aliphatic carbocycles. The minimum absolute atomic E-state index is 0.342. The van der Waals surface area contributed by atoms with Crippen molar-refractivity contribution in [3.63, 3.8) is 0 Å². The summed E-state index contributed by atoms with van der Waals surface area (Å²) in [6.45, 7) is 4.42. The van der Waals surface area contributed by atoms with E-state index in [2.05, 4.69) is 30.6 Å². The summed E-state index contributed by atoms with van der Waals surface area (Å²) in [5, 5.41) is 0. The van der Waals surface area contributed by atoms with Crippen LogP contribution in [-0.2, 0) is 9.53 Å². The molecule has 0 aliphatic rings. The van der Waals surface area contributed by atoms with Crippen LogP contribution in [0.1, 0.15) is 46.0 Å². The van der Waals surface area contributed by atoms with E-state index >= 15 is 0 Å². The summed E-state index contributed by atoms with van der Waals surface area (Å²) in [4.78, 5) is 11.0. The number of esters is 1. The molecule has 0 unspecified atom stereocenters. The zero-order chi connectivity index (χ0) is 11.4. The van der Waals surface area contributed by atoms with Gasteiger partial charge in [-0.3, -0.25) is 0 Å². The topological polar surface area (TPSA) is 26.3 Å². The van der Waals surface area contributed by atoms with Gasteiger partial charge < -0.3 is 4.74 Å². The number of carbonyl (C=O) groups is 1. The third-order valence-electron chi connectivity index (χ3n) is 1.61. The molecular formula is C13H18O2. The zero-order valence-electron chi connectivity index (χ0n) is 9.56. The number of unbranched alkanes of at least 4 members (excludes halogenated alkanes) is 2. The lowest BCUT2D eigenvalue weighted by Crippen LogP contribution is -2.01. The van der Waals surface area contributed by atoms with E-state index in [1.54, 1.807) is 0 Å². The van der Waals surface area contributed by atoms with E-state index in [1.807, 2.05) is 6.92 Å². The quantitative estimate of drug-likeness (QED) is 0.306. The van der Waals surface area contributed by atoms with Gasteiger partial charge in [-0.15, -0.1) is 5.92 Å². The van der Waals surface area contributed by atoms with Crippen LogP contribution in [0.2, 0.25) is 0 Å². The average molecular weight is 206 g/mol. The molecule has 15 heavy (non-hydrogen) atoms. The molecule has 0 amide bonds.